The third kappa shape index (κ3) is 3.71. The van der Waals surface area contributed by atoms with Crippen molar-refractivity contribution in [3.63, 3.8) is 0 Å². The first-order chi connectivity index (χ1) is 24.6. The van der Waals surface area contributed by atoms with Crippen LogP contribution < -0.4 is 4.90 Å². The second-order valence-electron chi connectivity index (χ2n) is 14.0. The van der Waals surface area contributed by atoms with E-state index in [-0.39, 0.29) is 5.41 Å². The van der Waals surface area contributed by atoms with Gasteiger partial charge in [0.25, 0.3) is 0 Å². The van der Waals surface area contributed by atoms with Gasteiger partial charge in [0.1, 0.15) is 5.01 Å². The first-order valence-electron chi connectivity index (χ1n) is 17.2. The number of fused-ring (bicyclic) bond motifs is 11. The van der Waals surface area contributed by atoms with Gasteiger partial charge in [-0.05, 0) is 76.9 Å². The van der Waals surface area contributed by atoms with Crippen molar-refractivity contribution in [2.24, 2.45) is 0 Å². The Bertz CT molecular complexity index is 2950. The molecule has 1 aliphatic rings. The molecule has 0 fully saturated rings. The van der Waals surface area contributed by atoms with Crippen molar-refractivity contribution in [3.8, 4) is 21.7 Å². The molecule has 1 aliphatic carbocycles. The maximum atomic E-state index is 5.24. The minimum absolute atomic E-state index is 0.0834. The fourth-order valence-corrected chi connectivity index (χ4v) is 9.74. The van der Waals surface area contributed by atoms with Gasteiger partial charge in [0, 0.05) is 49.6 Å². The summed E-state index contributed by atoms with van der Waals surface area (Å²) in [7, 11) is 0. The van der Waals surface area contributed by atoms with E-state index in [4.69, 9.17) is 4.98 Å². The van der Waals surface area contributed by atoms with Crippen molar-refractivity contribution < 1.29 is 0 Å². The summed E-state index contributed by atoms with van der Waals surface area (Å²) in [6, 6.07) is 55.4. The highest BCUT2D eigenvalue weighted by molar-refractivity contribution is 7.22. The molecular weight excluding hydrogens is 627 g/mol. The van der Waals surface area contributed by atoms with Gasteiger partial charge in [-0.1, -0.05) is 111 Å². The van der Waals surface area contributed by atoms with Crippen LogP contribution in [0.15, 0.2) is 152 Å². The van der Waals surface area contributed by atoms with Crippen LogP contribution >= 0.6 is 11.3 Å². The first-order valence-corrected chi connectivity index (χ1v) is 18.0. The molecule has 3 nitrogen and oxygen atoms in total. The van der Waals surface area contributed by atoms with Crippen LogP contribution in [0.5, 0.6) is 0 Å². The minimum atomic E-state index is -0.0834. The van der Waals surface area contributed by atoms with Crippen LogP contribution in [0, 0.1) is 0 Å². The highest BCUT2D eigenvalue weighted by Crippen LogP contribution is 2.51. The van der Waals surface area contributed by atoms with Gasteiger partial charge in [-0.3, -0.25) is 0 Å². The fraction of sp³-hybridized carbons (Fsp3) is 0.0652. The van der Waals surface area contributed by atoms with Crippen LogP contribution in [0.3, 0.4) is 0 Å². The Morgan fingerprint density at radius 3 is 2.10 bits per heavy atom. The standard InChI is InChI=1S/C46H31N3S/c1-46(2)37-19-11-9-17-32(37)33-23-21-31(26-38(33)46)48(29-15-7-4-8-16-29)30-22-24-41-35(25-30)36-27-39-44(50-45(47-39)28-13-5-3-6-14-28)42-34-18-10-12-20-40(34)49(41)43(36)42/h3-27H,1-2H3. The molecule has 0 radical (unpaired) electrons. The van der Waals surface area contributed by atoms with E-state index >= 15 is 0 Å². The van der Waals surface area contributed by atoms with Crippen LogP contribution in [0.25, 0.3) is 70.0 Å². The third-order valence-electron chi connectivity index (χ3n) is 10.9. The summed E-state index contributed by atoms with van der Waals surface area (Å²) < 4.78 is 3.72. The molecule has 11 rings (SSSR count). The summed E-state index contributed by atoms with van der Waals surface area (Å²) in [6.45, 7) is 4.71. The Labute approximate surface area is 293 Å². The molecule has 7 aromatic carbocycles. The predicted octanol–water partition coefficient (Wildman–Crippen LogP) is 12.9. The average molecular weight is 658 g/mol. The van der Waals surface area contributed by atoms with E-state index in [0.717, 1.165) is 33.1 Å². The van der Waals surface area contributed by atoms with Crippen molar-refractivity contribution >= 4 is 76.7 Å². The highest BCUT2D eigenvalue weighted by Gasteiger charge is 2.35. The van der Waals surface area contributed by atoms with Gasteiger partial charge < -0.3 is 9.30 Å². The van der Waals surface area contributed by atoms with Crippen LogP contribution in [0.2, 0.25) is 0 Å². The molecule has 0 spiro atoms. The number of hydrogen-bond donors (Lipinski definition) is 0. The Morgan fingerprint density at radius 2 is 1.24 bits per heavy atom. The zero-order valence-corrected chi connectivity index (χ0v) is 28.5. The van der Waals surface area contributed by atoms with Gasteiger partial charge in [0.2, 0.25) is 0 Å². The van der Waals surface area contributed by atoms with Crippen LogP contribution in [0.1, 0.15) is 25.0 Å². The lowest BCUT2D eigenvalue weighted by molar-refractivity contribution is 0.660. The van der Waals surface area contributed by atoms with E-state index in [1.165, 1.54) is 65.0 Å². The third-order valence-corrected chi connectivity index (χ3v) is 12.1. The lowest BCUT2D eigenvalue weighted by Crippen LogP contribution is -2.16. The summed E-state index contributed by atoms with van der Waals surface area (Å²) in [5, 5.41) is 6.11. The Kier molecular flexibility index (Phi) is 5.61. The largest absolute Gasteiger partial charge is 0.310 e. The predicted molar refractivity (Wildman–Crippen MR) is 212 cm³/mol. The smallest absolute Gasteiger partial charge is 0.124 e. The second-order valence-corrected chi connectivity index (χ2v) is 15.0. The van der Waals surface area contributed by atoms with Crippen molar-refractivity contribution in [2.75, 3.05) is 4.90 Å². The van der Waals surface area contributed by atoms with E-state index in [1.54, 1.807) is 11.3 Å². The molecule has 0 unspecified atom stereocenters. The average Bonchev–Trinajstić information content (AvgIpc) is 3.89. The van der Waals surface area contributed by atoms with E-state index in [2.05, 4.69) is 175 Å². The van der Waals surface area contributed by atoms with Crippen molar-refractivity contribution in [2.45, 2.75) is 19.3 Å². The molecular formula is C46H31N3S. The molecule has 3 aromatic heterocycles. The lowest BCUT2D eigenvalue weighted by Gasteiger charge is -2.28. The normalized spacial score (nSPS) is 13.6. The minimum Gasteiger partial charge on any atom is -0.310 e. The van der Waals surface area contributed by atoms with Crippen molar-refractivity contribution in [1.82, 2.24) is 9.38 Å². The molecule has 10 aromatic rings. The van der Waals surface area contributed by atoms with E-state index in [1.807, 2.05) is 0 Å². The topological polar surface area (TPSA) is 20.5 Å². The summed E-state index contributed by atoms with van der Waals surface area (Å²) in [6.07, 6.45) is 0. The maximum absolute atomic E-state index is 5.24. The summed E-state index contributed by atoms with van der Waals surface area (Å²) in [5.74, 6) is 0. The number of thiazole rings is 1. The van der Waals surface area contributed by atoms with Crippen LogP contribution in [-0.2, 0) is 5.41 Å². The second kappa shape index (κ2) is 10.0. The number of anilines is 3. The molecule has 50 heavy (non-hydrogen) atoms. The molecule has 3 heterocycles. The number of hydrogen-bond acceptors (Lipinski definition) is 3. The molecule has 0 amide bonds. The van der Waals surface area contributed by atoms with Crippen molar-refractivity contribution in [3.05, 3.63) is 163 Å². The Morgan fingerprint density at radius 1 is 0.560 bits per heavy atom. The zero-order valence-electron chi connectivity index (χ0n) is 27.7. The van der Waals surface area contributed by atoms with Crippen LogP contribution in [0.4, 0.5) is 17.1 Å². The van der Waals surface area contributed by atoms with Crippen molar-refractivity contribution in [1.29, 1.82) is 0 Å². The molecule has 236 valence electrons. The summed E-state index contributed by atoms with van der Waals surface area (Å²) in [5.41, 5.74) is 14.7. The number of rotatable bonds is 4. The maximum Gasteiger partial charge on any atom is 0.124 e. The number of para-hydroxylation sites is 2. The molecule has 0 bridgehead atoms. The SMILES string of the molecule is CC1(C)c2ccccc2-c2ccc(N(c3ccccc3)c3ccc4c(c3)c3cc5nc(-c6ccccc6)sc5c5c6ccccc6n4c35)cc21. The van der Waals surface area contributed by atoms with Gasteiger partial charge in [-0.25, -0.2) is 4.98 Å². The highest BCUT2D eigenvalue weighted by atomic mass is 32.1. The molecule has 0 saturated heterocycles. The van der Waals surface area contributed by atoms with Gasteiger partial charge >= 0.3 is 0 Å². The fourth-order valence-electron chi connectivity index (χ4n) is 8.63. The summed E-state index contributed by atoms with van der Waals surface area (Å²) >= 11 is 1.80. The Balaban J connectivity index is 1.17. The van der Waals surface area contributed by atoms with Gasteiger partial charge in [-0.2, -0.15) is 0 Å². The number of aromatic nitrogens is 2. The quantitative estimate of drug-likeness (QED) is 0.188. The van der Waals surface area contributed by atoms with Gasteiger partial charge in [0.05, 0.1) is 26.8 Å². The van der Waals surface area contributed by atoms with Gasteiger partial charge in [0.15, 0.2) is 0 Å². The monoisotopic (exact) mass is 657 g/mol. The van der Waals surface area contributed by atoms with E-state index < -0.39 is 0 Å². The van der Waals surface area contributed by atoms with Gasteiger partial charge in [-0.15, -0.1) is 11.3 Å². The Hall–Kier alpha value is -5.97. The zero-order chi connectivity index (χ0) is 33.1. The molecule has 0 N–H and O–H groups in total. The molecule has 4 heteroatoms. The number of nitrogens with zero attached hydrogens (tertiary/aromatic N) is 3. The van der Waals surface area contributed by atoms with Crippen LogP contribution in [-0.4, -0.2) is 9.38 Å². The molecule has 0 aliphatic heterocycles. The summed E-state index contributed by atoms with van der Waals surface area (Å²) in [4.78, 5) is 7.65. The molecule has 0 saturated carbocycles. The number of benzene rings is 7. The van der Waals surface area contributed by atoms with E-state index in [9.17, 15) is 0 Å². The first kappa shape index (κ1) is 27.9. The lowest BCUT2D eigenvalue weighted by atomic mass is 9.82. The van der Waals surface area contributed by atoms with E-state index in [0.29, 0.717) is 0 Å². The molecule has 0 atom stereocenters.